The second-order valence-electron chi connectivity index (χ2n) is 11.1. The van der Waals surface area contributed by atoms with Crippen LogP contribution in [0, 0.1) is 6.92 Å². The number of nitrogen functional groups attached to an aromatic ring is 1. The Hall–Kier alpha value is -4.97. The lowest BCUT2D eigenvalue weighted by atomic mass is 10.1. The van der Waals surface area contributed by atoms with Crippen molar-refractivity contribution in [3.63, 3.8) is 0 Å². The number of allylic oxidation sites excluding steroid dienone is 1. The Labute approximate surface area is 265 Å². The Morgan fingerprint density at radius 1 is 1.13 bits per heavy atom. The molecule has 1 amide bonds. The fourth-order valence-electron chi connectivity index (χ4n) is 6.05. The molecule has 45 heavy (non-hydrogen) atoms. The number of ether oxygens (including phenoxy) is 1. The number of nitrogens with zero attached hydrogens (tertiary/aromatic N) is 8. The predicted molar refractivity (Wildman–Crippen MR) is 174 cm³/mol. The summed E-state index contributed by atoms with van der Waals surface area (Å²) in [7, 11) is 3.38. The summed E-state index contributed by atoms with van der Waals surface area (Å²) in [5, 5.41) is 0.320. The molecule has 13 heteroatoms. The molecule has 2 aliphatic heterocycles. The molecular formula is C32H34ClN9O3. The summed E-state index contributed by atoms with van der Waals surface area (Å²) >= 11 is 6.51. The van der Waals surface area contributed by atoms with E-state index in [4.69, 9.17) is 27.1 Å². The number of benzene rings is 1. The highest BCUT2D eigenvalue weighted by molar-refractivity contribution is 6.48. The topological polar surface area (TPSA) is 136 Å². The summed E-state index contributed by atoms with van der Waals surface area (Å²) in [4.78, 5) is 52.0. The molecule has 5 heterocycles. The third-order valence-electron chi connectivity index (χ3n) is 8.17. The number of carbonyl (C=O) groups excluding carboxylic acids is 1. The first kappa shape index (κ1) is 30.1. The van der Waals surface area contributed by atoms with E-state index in [2.05, 4.69) is 15.0 Å². The first-order valence-corrected chi connectivity index (χ1v) is 15.0. The van der Waals surface area contributed by atoms with Gasteiger partial charge in [-0.2, -0.15) is 9.97 Å². The number of hydrogen-bond acceptors (Lipinski definition) is 10. The second kappa shape index (κ2) is 12.2. The maximum absolute atomic E-state index is 14.1. The van der Waals surface area contributed by atoms with E-state index in [1.807, 2.05) is 40.1 Å². The molecule has 0 aliphatic carbocycles. The van der Waals surface area contributed by atoms with Gasteiger partial charge in [0.15, 0.2) is 5.82 Å². The Bertz CT molecular complexity index is 1840. The van der Waals surface area contributed by atoms with Crippen LogP contribution in [0.25, 0.3) is 10.7 Å². The van der Waals surface area contributed by atoms with Crippen molar-refractivity contribution in [1.82, 2.24) is 29.4 Å². The summed E-state index contributed by atoms with van der Waals surface area (Å²) in [6, 6.07) is 10.9. The third-order valence-corrected chi connectivity index (χ3v) is 8.58. The summed E-state index contributed by atoms with van der Waals surface area (Å²) in [6.45, 7) is 4.94. The van der Waals surface area contributed by atoms with Gasteiger partial charge in [0.05, 0.1) is 48.0 Å². The van der Waals surface area contributed by atoms with Gasteiger partial charge in [0.2, 0.25) is 5.95 Å². The standard InChI is InChI=1S/C32H34ClN9O3/c1-5-23(33)25-19(2)36-27(42(31(25)44)21-8-6-14-35-16-21)24-9-7-15-41(24)29-26-28(37-32(34)38-29)40(18-39(3)30(26)43)17-20-10-12-22(45-4)13-11-20/h5-6,8,10-14,16,24H,7,9,15,17-18H2,1-4H3,(H2,34,37,38)/b23-5+. The van der Waals surface area contributed by atoms with Crippen LogP contribution in [-0.4, -0.2) is 62.7 Å². The highest BCUT2D eigenvalue weighted by Crippen LogP contribution is 2.41. The van der Waals surface area contributed by atoms with Crippen LogP contribution >= 0.6 is 11.6 Å². The van der Waals surface area contributed by atoms with Gasteiger partial charge in [-0.25, -0.2) is 4.98 Å². The van der Waals surface area contributed by atoms with E-state index >= 15 is 0 Å². The molecule has 0 bridgehead atoms. The van der Waals surface area contributed by atoms with Crippen molar-refractivity contribution in [3.8, 4) is 11.4 Å². The lowest BCUT2D eigenvalue weighted by Crippen LogP contribution is -2.46. The molecule has 2 N–H and O–H groups in total. The highest BCUT2D eigenvalue weighted by Gasteiger charge is 2.39. The number of rotatable bonds is 7. The van der Waals surface area contributed by atoms with E-state index < -0.39 is 6.04 Å². The Balaban J connectivity index is 1.49. The van der Waals surface area contributed by atoms with E-state index in [1.54, 1.807) is 62.0 Å². The normalized spacial score (nSPS) is 16.7. The molecule has 232 valence electrons. The molecule has 3 aromatic heterocycles. The molecule has 4 aromatic rings. The molecule has 1 saturated heterocycles. The van der Waals surface area contributed by atoms with Gasteiger partial charge in [-0.1, -0.05) is 29.8 Å². The molecule has 0 saturated carbocycles. The zero-order valence-electron chi connectivity index (χ0n) is 25.6. The number of nitrogens with two attached hydrogens (primary N) is 1. The largest absolute Gasteiger partial charge is 0.497 e. The van der Waals surface area contributed by atoms with E-state index in [-0.39, 0.29) is 17.4 Å². The molecule has 12 nitrogen and oxygen atoms in total. The zero-order valence-corrected chi connectivity index (χ0v) is 26.3. The first-order valence-electron chi connectivity index (χ1n) is 14.7. The maximum atomic E-state index is 14.1. The van der Waals surface area contributed by atoms with Gasteiger partial charge in [0.25, 0.3) is 11.5 Å². The van der Waals surface area contributed by atoms with Crippen molar-refractivity contribution >= 4 is 40.1 Å². The second-order valence-corrected chi connectivity index (χ2v) is 11.5. The Kier molecular flexibility index (Phi) is 8.15. The van der Waals surface area contributed by atoms with Crippen LogP contribution < -0.4 is 25.8 Å². The summed E-state index contributed by atoms with van der Waals surface area (Å²) in [5.74, 6) is 1.98. The average Bonchev–Trinajstić information content (AvgIpc) is 3.53. The number of halogens is 1. The minimum Gasteiger partial charge on any atom is -0.497 e. The lowest BCUT2D eigenvalue weighted by molar-refractivity contribution is 0.0780. The molecule has 6 rings (SSSR count). The Morgan fingerprint density at radius 3 is 2.58 bits per heavy atom. The van der Waals surface area contributed by atoms with Gasteiger partial charge in [-0.15, -0.1) is 0 Å². The molecule has 1 aromatic carbocycles. The highest BCUT2D eigenvalue weighted by atomic mass is 35.5. The third kappa shape index (κ3) is 5.46. The van der Waals surface area contributed by atoms with Crippen LogP contribution in [0.5, 0.6) is 5.75 Å². The van der Waals surface area contributed by atoms with Gasteiger partial charge >= 0.3 is 0 Å². The van der Waals surface area contributed by atoms with Gasteiger partial charge in [0.1, 0.15) is 23.0 Å². The molecule has 1 unspecified atom stereocenters. The van der Waals surface area contributed by atoms with Crippen LogP contribution in [0.4, 0.5) is 17.6 Å². The lowest BCUT2D eigenvalue weighted by Gasteiger charge is -2.38. The fourth-order valence-corrected chi connectivity index (χ4v) is 6.27. The number of amides is 1. The number of anilines is 3. The fraction of sp³-hybridized carbons (Fsp3) is 0.312. The maximum Gasteiger partial charge on any atom is 0.267 e. The van der Waals surface area contributed by atoms with E-state index in [0.717, 1.165) is 17.7 Å². The van der Waals surface area contributed by atoms with Crippen LogP contribution in [0.1, 0.15) is 58.8 Å². The van der Waals surface area contributed by atoms with Crippen LogP contribution in [0.2, 0.25) is 0 Å². The Morgan fingerprint density at radius 2 is 1.89 bits per heavy atom. The van der Waals surface area contributed by atoms with E-state index in [1.165, 1.54) is 0 Å². The van der Waals surface area contributed by atoms with Crippen LogP contribution in [0.15, 0.2) is 59.7 Å². The van der Waals surface area contributed by atoms with Crippen molar-refractivity contribution in [1.29, 1.82) is 0 Å². The number of pyridine rings is 1. The van der Waals surface area contributed by atoms with E-state index in [9.17, 15) is 9.59 Å². The first-order chi connectivity index (χ1) is 21.7. The summed E-state index contributed by atoms with van der Waals surface area (Å²) in [5.41, 5.74) is 8.80. The minimum absolute atomic E-state index is 0.0514. The van der Waals surface area contributed by atoms with Gasteiger partial charge in [0, 0.05) is 26.3 Å². The van der Waals surface area contributed by atoms with Crippen molar-refractivity contribution in [3.05, 3.63) is 93.4 Å². The number of methoxy groups -OCH3 is 1. The monoisotopic (exact) mass is 627 g/mol. The zero-order chi connectivity index (χ0) is 31.8. The van der Waals surface area contributed by atoms with Crippen molar-refractivity contribution in [2.75, 3.05) is 42.9 Å². The summed E-state index contributed by atoms with van der Waals surface area (Å²) < 4.78 is 6.87. The molecule has 1 fully saturated rings. The number of aryl methyl sites for hydroxylation is 1. The van der Waals surface area contributed by atoms with Crippen molar-refractivity contribution in [2.24, 2.45) is 0 Å². The van der Waals surface area contributed by atoms with E-state index in [0.29, 0.717) is 71.2 Å². The smallest absolute Gasteiger partial charge is 0.267 e. The molecule has 0 radical (unpaired) electrons. The predicted octanol–water partition coefficient (Wildman–Crippen LogP) is 4.31. The minimum atomic E-state index is -0.400. The van der Waals surface area contributed by atoms with Gasteiger partial charge < -0.3 is 25.2 Å². The number of hydrogen-bond donors (Lipinski definition) is 1. The van der Waals surface area contributed by atoms with Crippen LogP contribution in [-0.2, 0) is 6.54 Å². The molecule has 0 spiro atoms. The molecule has 2 aliphatic rings. The quantitative estimate of drug-likeness (QED) is 0.316. The number of fused-ring (bicyclic) bond motifs is 1. The number of aromatic nitrogens is 5. The number of carbonyl (C=O) groups is 1. The van der Waals surface area contributed by atoms with Crippen molar-refractivity contribution in [2.45, 2.75) is 39.3 Å². The van der Waals surface area contributed by atoms with Gasteiger partial charge in [-0.3, -0.25) is 19.1 Å². The average molecular weight is 628 g/mol. The van der Waals surface area contributed by atoms with Crippen molar-refractivity contribution < 1.29 is 9.53 Å². The van der Waals surface area contributed by atoms with Gasteiger partial charge in [-0.05, 0) is 56.5 Å². The SMILES string of the molecule is C/C=C(/Cl)c1c(C)nc(C2CCCN2c2nc(N)nc3c2C(=O)N(C)CN3Cc2ccc(OC)cc2)n(-c2cccnc2)c1=O. The van der Waals surface area contributed by atoms with Crippen LogP contribution in [0.3, 0.4) is 0 Å². The molecule has 1 atom stereocenters. The molecular weight excluding hydrogens is 594 g/mol. The summed E-state index contributed by atoms with van der Waals surface area (Å²) in [6.07, 6.45) is 6.39.